The summed E-state index contributed by atoms with van der Waals surface area (Å²) in [5.41, 5.74) is 0.891. The average molecular weight is 129 g/mol. The fourth-order valence-electron chi connectivity index (χ4n) is 0.929. The van der Waals surface area contributed by atoms with Crippen molar-refractivity contribution < 1.29 is 0 Å². The first-order valence-electron chi connectivity index (χ1n) is 3.12. The van der Waals surface area contributed by atoms with Gasteiger partial charge in [0.2, 0.25) is 0 Å². The van der Waals surface area contributed by atoms with Crippen LogP contribution in [-0.4, -0.2) is 25.2 Å². The van der Waals surface area contributed by atoms with Crippen LogP contribution in [0.25, 0.3) is 0 Å². The first-order chi connectivity index (χ1) is 3.63. The number of hydrogen-bond donors (Lipinski definition) is 0. The second kappa shape index (κ2) is 1.84. The van der Waals surface area contributed by atoms with E-state index in [-0.39, 0.29) is 0 Å². The lowest BCUT2D eigenvalue weighted by Gasteiger charge is -2.15. The van der Waals surface area contributed by atoms with Crippen molar-refractivity contribution in [2.24, 2.45) is 0 Å². The minimum absolute atomic E-state index is 0.495. The van der Waals surface area contributed by atoms with E-state index in [1.165, 1.54) is 6.16 Å². The van der Waals surface area contributed by atoms with Crippen molar-refractivity contribution in [2.45, 2.75) is 12.6 Å². The van der Waals surface area contributed by atoms with Crippen molar-refractivity contribution in [3.8, 4) is 0 Å². The molecule has 0 aromatic rings. The van der Waals surface area contributed by atoms with Gasteiger partial charge in [0.05, 0.1) is 11.8 Å². The van der Waals surface area contributed by atoms with Crippen molar-refractivity contribution >= 4 is 7.26 Å². The molecule has 46 valence electrons. The summed E-state index contributed by atoms with van der Waals surface area (Å²) < 4.78 is 0. The van der Waals surface area contributed by atoms with Gasteiger partial charge in [-0.3, -0.25) is 0 Å². The highest BCUT2D eigenvalue weighted by Gasteiger charge is 2.33. The zero-order valence-corrected chi connectivity index (χ0v) is 6.78. The van der Waals surface area contributed by atoms with Crippen LogP contribution >= 0.6 is 7.26 Å². The first-order valence-corrected chi connectivity index (χ1v) is 6.06. The molecule has 1 aliphatic heterocycles. The van der Waals surface area contributed by atoms with Gasteiger partial charge >= 0.3 is 0 Å². The van der Waals surface area contributed by atoms with Crippen LogP contribution in [0, 0.1) is 0 Å². The van der Waals surface area contributed by atoms with Crippen LogP contribution in [0.1, 0.15) is 6.92 Å². The van der Waals surface area contributed by atoms with Gasteiger partial charge < -0.3 is 0 Å². The number of allylic oxidation sites excluding steroid dienone is 2. The molecule has 0 N–H and O–H groups in total. The summed E-state index contributed by atoms with van der Waals surface area (Å²) in [7, 11) is -0.495. The van der Waals surface area contributed by atoms with Crippen LogP contribution in [0.4, 0.5) is 0 Å². The molecule has 0 saturated heterocycles. The van der Waals surface area contributed by atoms with Gasteiger partial charge in [-0.1, -0.05) is 0 Å². The van der Waals surface area contributed by atoms with E-state index in [2.05, 4.69) is 32.4 Å². The van der Waals surface area contributed by atoms with Crippen LogP contribution in [0.3, 0.4) is 0 Å². The quantitative estimate of drug-likeness (QED) is 0.347. The number of rotatable bonds is 0. The Bertz CT molecular complexity index is 114. The molecular weight excluding hydrogens is 115 g/mol. The molecule has 0 nitrogen and oxygen atoms in total. The fourth-order valence-corrected chi connectivity index (χ4v) is 2.51. The van der Waals surface area contributed by atoms with Crippen molar-refractivity contribution in [1.29, 1.82) is 0 Å². The standard InChI is InChI=1S/C7H14P/c1-7-5-4-6-8(7,2)3/h4-5,7H,6H2,1-3H3/q+1. The Morgan fingerprint density at radius 1 is 1.50 bits per heavy atom. The van der Waals surface area contributed by atoms with E-state index in [9.17, 15) is 0 Å². The topological polar surface area (TPSA) is 0 Å². The summed E-state index contributed by atoms with van der Waals surface area (Å²) in [6.07, 6.45) is 6.06. The Morgan fingerprint density at radius 3 is 2.25 bits per heavy atom. The Balaban J connectivity index is 2.64. The van der Waals surface area contributed by atoms with Crippen LogP contribution in [-0.2, 0) is 0 Å². The van der Waals surface area contributed by atoms with E-state index in [1.807, 2.05) is 0 Å². The first kappa shape index (κ1) is 6.29. The van der Waals surface area contributed by atoms with Gasteiger partial charge in [0, 0.05) is 20.6 Å². The molecule has 0 saturated carbocycles. The zero-order chi connectivity index (χ0) is 6.20. The second-order valence-corrected chi connectivity index (χ2v) is 7.87. The molecule has 1 atom stereocenters. The molecule has 1 unspecified atom stereocenters. The van der Waals surface area contributed by atoms with E-state index < -0.39 is 7.26 Å². The third-order valence-corrected chi connectivity index (χ3v) is 5.62. The molecule has 1 heterocycles. The highest BCUT2D eigenvalue weighted by Crippen LogP contribution is 2.59. The van der Waals surface area contributed by atoms with Crippen molar-refractivity contribution in [1.82, 2.24) is 0 Å². The molecule has 0 aromatic heterocycles. The molecule has 0 radical (unpaired) electrons. The lowest BCUT2D eigenvalue weighted by atomic mass is 10.4. The van der Waals surface area contributed by atoms with Crippen molar-refractivity contribution in [2.75, 3.05) is 19.5 Å². The average Bonchev–Trinajstić information content (AvgIpc) is 1.86. The van der Waals surface area contributed by atoms with Crippen LogP contribution < -0.4 is 0 Å². The summed E-state index contributed by atoms with van der Waals surface area (Å²) in [6, 6.07) is 0. The fraction of sp³-hybridized carbons (Fsp3) is 0.714. The molecule has 0 aliphatic carbocycles. The van der Waals surface area contributed by atoms with E-state index in [4.69, 9.17) is 0 Å². The summed E-state index contributed by atoms with van der Waals surface area (Å²) in [5.74, 6) is 0. The Hall–Kier alpha value is 0.170. The van der Waals surface area contributed by atoms with E-state index in [0.29, 0.717) is 0 Å². The maximum atomic E-state index is 2.43. The normalized spacial score (nSPS) is 33.6. The summed E-state index contributed by atoms with van der Waals surface area (Å²) in [6.45, 7) is 7.19. The molecule has 8 heavy (non-hydrogen) atoms. The molecule has 1 rings (SSSR count). The predicted octanol–water partition coefficient (Wildman–Crippen LogP) is 2.22. The van der Waals surface area contributed by atoms with Gasteiger partial charge in [-0.2, -0.15) is 0 Å². The third-order valence-electron chi connectivity index (χ3n) is 2.09. The maximum Gasteiger partial charge on any atom is 0.0847 e. The highest BCUT2D eigenvalue weighted by molar-refractivity contribution is 7.75. The van der Waals surface area contributed by atoms with Crippen molar-refractivity contribution in [3.05, 3.63) is 12.2 Å². The van der Waals surface area contributed by atoms with E-state index in [1.54, 1.807) is 0 Å². The maximum absolute atomic E-state index is 2.43. The van der Waals surface area contributed by atoms with E-state index >= 15 is 0 Å². The van der Waals surface area contributed by atoms with Gasteiger partial charge in [-0.25, -0.2) is 0 Å². The molecule has 1 heteroatoms. The molecule has 0 fully saturated rings. The van der Waals surface area contributed by atoms with Gasteiger partial charge in [-0.15, -0.1) is 0 Å². The Labute approximate surface area is 52.3 Å². The Kier molecular flexibility index (Phi) is 1.45. The minimum Gasteiger partial charge on any atom is -0.0478 e. The summed E-state index contributed by atoms with van der Waals surface area (Å²) in [5, 5.41) is 0. The second-order valence-electron chi connectivity index (χ2n) is 3.13. The summed E-state index contributed by atoms with van der Waals surface area (Å²) >= 11 is 0. The molecule has 1 aliphatic rings. The van der Waals surface area contributed by atoms with E-state index in [0.717, 1.165) is 5.66 Å². The van der Waals surface area contributed by atoms with Gasteiger partial charge in [0.1, 0.15) is 0 Å². The lowest BCUT2D eigenvalue weighted by Crippen LogP contribution is -2.00. The summed E-state index contributed by atoms with van der Waals surface area (Å²) in [4.78, 5) is 0. The lowest BCUT2D eigenvalue weighted by molar-refractivity contribution is 1.23. The zero-order valence-electron chi connectivity index (χ0n) is 5.89. The molecule has 0 amide bonds. The minimum atomic E-state index is -0.495. The van der Waals surface area contributed by atoms with Gasteiger partial charge in [0.25, 0.3) is 0 Å². The van der Waals surface area contributed by atoms with Crippen LogP contribution in [0.2, 0.25) is 0 Å². The smallest absolute Gasteiger partial charge is 0.0478 e. The molecular formula is C7H14P+. The monoisotopic (exact) mass is 129 g/mol. The largest absolute Gasteiger partial charge is 0.0847 e. The third kappa shape index (κ3) is 0.951. The Morgan fingerprint density at radius 2 is 2.12 bits per heavy atom. The van der Waals surface area contributed by atoms with Crippen LogP contribution in [0.15, 0.2) is 12.2 Å². The van der Waals surface area contributed by atoms with Crippen LogP contribution in [0.5, 0.6) is 0 Å². The number of hydrogen-bond acceptors (Lipinski definition) is 0. The highest BCUT2D eigenvalue weighted by atomic mass is 31.2. The molecule has 0 aromatic carbocycles. The SMILES string of the molecule is CC1C=CC[P+]1(C)C. The predicted molar refractivity (Wildman–Crippen MR) is 42.2 cm³/mol. The van der Waals surface area contributed by atoms with Crippen molar-refractivity contribution in [3.63, 3.8) is 0 Å². The molecule has 0 spiro atoms. The molecule has 0 bridgehead atoms. The van der Waals surface area contributed by atoms with Gasteiger partial charge in [-0.05, 0) is 19.1 Å². The van der Waals surface area contributed by atoms with Gasteiger partial charge in [0.15, 0.2) is 0 Å².